The Kier molecular flexibility index (Phi) is 6.46. The van der Waals surface area contributed by atoms with Crippen LogP contribution in [0.2, 0.25) is 0 Å². The predicted octanol–water partition coefficient (Wildman–Crippen LogP) is 4.09. The molecule has 2 heterocycles. The molecule has 0 saturated carbocycles. The number of rotatable bonds is 8. The lowest BCUT2D eigenvalue weighted by atomic mass is 10.1. The van der Waals surface area contributed by atoms with Gasteiger partial charge in [-0.3, -0.25) is 9.78 Å². The number of carbonyl (C=O) groups is 1. The summed E-state index contributed by atoms with van der Waals surface area (Å²) in [6.45, 7) is 2.78. The van der Waals surface area contributed by atoms with Crippen molar-refractivity contribution < 1.29 is 14.3 Å². The van der Waals surface area contributed by atoms with E-state index in [1.54, 1.807) is 42.5 Å². The SMILES string of the molecule is COc1cc(CNC(=O)c2ccc(-n3cc(C)cn3)cc2)ccc1OCc1ccncc1. The zero-order valence-electron chi connectivity index (χ0n) is 18.0. The van der Waals surface area contributed by atoms with Crippen LogP contribution in [0.25, 0.3) is 5.69 Å². The lowest BCUT2D eigenvalue weighted by Gasteiger charge is -2.13. The first kappa shape index (κ1) is 21.1. The van der Waals surface area contributed by atoms with E-state index in [4.69, 9.17) is 9.47 Å². The first-order valence-corrected chi connectivity index (χ1v) is 10.2. The van der Waals surface area contributed by atoms with Crippen LogP contribution in [0.1, 0.15) is 27.0 Å². The molecule has 0 spiro atoms. The quantitative estimate of drug-likeness (QED) is 0.457. The third kappa shape index (κ3) is 5.13. The maximum absolute atomic E-state index is 12.6. The second-order valence-electron chi connectivity index (χ2n) is 7.32. The summed E-state index contributed by atoms with van der Waals surface area (Å²) in [5, 5.41) is 7.22. The number of methoxy groups -OCH3 is 1. The number of aryl methyl sites for hydroxylation is 1. The highest BCUT2D eigenvalue weighted by atomic mass is 16.5. The van der Waals surface area contributed by atoms with E-state index in [-0.39, 0.29) is 5.91 Å². The van der Waals surface area contributed by atoms with E-state index in [0.29, 0.717) is 30.2 Å². The number of pyridine rings is 1. The summed E-state index contributed by atoms with van der Waals surface area (Å²) < 4.78 is 13.1. The summed E-state index contributed by atoms with van der Waals surface area (Å²) in [5.41, 5.74) is 4.50. The van der Waals surface area contributed by atoms with Gasteiger partial charge < -0.3 is 14.8 Å². The fraction of sp³-hybridized carbons (Fsp3) is 0.160. The van der Waals surface area contributed by atoms with E-state index < -0.39 is 0 Å². The Morgan fingerprint density at radius 3 is 2.47 bits per heavy atom. The molecule has 0 unspecified atom stereocenters. The lowest BCUT2D eigenvalue weighted by Crippen LogP contribution is -2.22. The summed E-state index contributed by atoms with van der Waals surface area (Å²) in [6.07, 6.45) is 7.19. The molecule has 1 amide bonds. The molecule has 0 atom stereocenters. The summed E-state index contributed by atoms with van der Waals surface area (Å²) in [4.78, 5) is 16.6. The molecule has 0 saturated heterocycles. The number of aromatic nitrogens is 3. The van der Waals surface area contributed by atoms with Gasteiger partial charge in [0.2, 0.25) is 0 Å². The van der Waals surface area contributed by atoms with Crippen molar-refractivity contribution in [2.24, 2.45) is 0 Å². The van der Waals surface area contributed by atoms with Crippen LogP contribution in [0.5, 0.6) is 11.5 Å². The third-order valence-electron chi connectivity index (χ3n) is 4.93. The lowest BCUT2D eigenvalue weighted by molar-refractivity contribution is 0.0951. The predicted molar refractivity (Wildman–Crippen MR) is 121 cm³/mol. The minimum atomic E-state index is -0.148. The van der Waals surface area contributed by atoms with Gasteiger partial charge in [-0.15, -0.1) is 0 Å². The van der Waals surface area contributed by atoms with E-state index >= 15 is 0 Å². The molecule has 0 fully saturated rings. The van der Waals surface area contributed by atoms with Gasteiger partial charge in [-0.1, -0.05) is 6.07 Å². The average molecular weight is 428 g/mol. The molecule has 0 bridgehead atoms. The first-order valence-electron chi connectivity index (χ1n) is 10.2. The van der Waals surface area contributed by atoms with Crippen LogP contribution in [0.3, 0.4) is 0 Å². The molecule has 32 heavy (non-hydrogen) atoms. The van der Waals surface area contributed by atoms with Gasteiger partial charge in [0.25, 0.3) is 5.91 Å². The molecule has 7 nitrogen and oxygen atoms in total. The van der Waals surface area contributed by atoms with E-state index in [0.717, 1.165) is 22.4 Å². The Hall–Kier alpha value is -4.13. The van der Waals surface area contributed by atoms with E-state index in [2.05, 4.69) is 15.4 Å². The molecule has 4 rings (SSSR count). The topological polar surface area (TPSA) is 78.3 Å². The zero-order valence-corrected chi connectivity index (χ0v) is 18.0. The van der Waals surface area contributed by atoms with E-state index in [1.807, 2.05) is 55.6 Å². The minimum Gasteiger partial charge on any atom is -0.493 e. The second kappa shape index (κ2) is 9.78. The molecule has 0 aliphatic heterocycles. The van der Waals surface area contributed by atoms with Crippen LogP contribution in [-0.2, 0) is 13.2 Å². The molecule has 0 aliphatic rings. The van der Waals surface area contributed by atoms with Gasteiger partial charge in [0.15, 0.2) is 11.5 Å². The van der Waals surface area contributed by atoms with Crippen molar-refractivity contribution in [2.45, 2.75) is 20.1 Å². The first-order chi connectivity index (χ1) is 15.6. The van der Waals surface area contributed by atoms with Crippen molar-refractivity contribution >= 4 is 5.91 Å². The monoisotopic (exact) mass is 428 g/mol. The minimum absolute atomic E-state index is 0.148. The van der Waals surface area contributed by atoms with Crippen molar-refractivity contribution in [3.63, 3.8) is 0 Å². The van der Waals surface area contributed by atoms with Crippen molar-refractivity contribution in [1.29, 1.82) is 0 Å². The number of hydrogen-bond donors (Lipinski definition) is 1. The van der Waals surface area contributed by atoms with Gasteiger partial charge in [0, 0.05) is 30.7 Å². The molecule has 0 aliphatic carbocycles. The summed E-state index contributed by atoms with van der Waals surface area (Å²) in [5.74, 6) is 1.11. The van der Waals surface area contributed by atoms with Crippen LogP contribution < -0.4 is 14.8 Å². The molecular weight excluding hydrogens is 404 g/mol. The fourth-order valence-corrected chi connectivity index (χ4v) is 3.19. The number of nitrogens with one attached hydrogen (secondary N) is 1. The molecule has 7 heteroatoms. The van der Waals surface area contributed by atoms with Crippen LogP contribution in [0.4, 0.5) is 0 Å². The zero-order chi connectivity index (χ0) is 22.3. The van der Waals surface area contributed by atoms with Crippen LogP contribution >= 0.6 is 0 Å². The standard InChI is InChI=1S/C25H24N4O3/c1-18-14-28-29(16-18)22-6-4-21(5-7-22)25(30)27-15-20-3-8-23(24(13-20)31-2)32-17-19-9-11-26-12-10-19/h3-14,16H,15,17H2,1-2H3,(H,27,30). The Morgan fingerprint density at radius 1 is 1.00 bits per heavy atom. The fourth-order valence-electron chi connectivity index (χ4n) is 3.19. The Bertz CT molecular complexity index is 1190. The summed E-state index contributed by atoms with van der Waals surface area (Å²) in [7, 11) is 1.60. The molecule has 2 aromatic carbocycles. The third-order valence-corrected chi connectivity index (χ3v) is 4.93. The number of hydrogen-bond acceptors (Lipinski definition) is 5. The highest BCUT2D eigenvalue weighted by molar-refractivity contribution is 5.94. The second-order valence-corrected chi connectivity index (χ2v) is 7.32. The Labute approximate surface area is 186 Å². The smallest absolute Gasteiger partial charge is 0.251 e. The largest absolute Gasteiger partial charge is 0.493 e. The Morgan fingerprint density at radius 2 is 1.78 bits per heavy atom. The maximum Gasteiger partial charge on any atom is 0.251 e. The van der Waals surface area contributed by atoms with E-state index in [1.165, 1.54) is 0 Å². The van der Waals surface area contributed by atoms with Gasteiger partial charge >= 0.3 is 0 Å². The number of carbonyl (C=O) groups excluding carboxylic acids is 1. The highest BCUT2D eigenvalue weighted by Crippen LogP contribution is 2.29. The molecule has 2 aromatic heterocycles. The summed E-state index contributed by atoms with van der Waals surface area (Å²) >= 11 is 0. The molecule has 162 valence electrons. The normalized spacial score (nSPS) is 10.6. The molecule has 0 radical (unpaired) electrons. The van der Waals surface area contributed by atoms with Crippen molar-refractivity contribution in [3.8, 4) is 17.2 Å². The number of amides is 1. The molecule has 1 N–H and O–H groups in total. The number of ether oxygens (including phenoxy) is 2. The van der Waals surface area contributed by atoms with Crippen molar-refractivity contribution in [1.82, 2.24) is 20.1 Å². The average Bonchev–Trinajstić information content (AvgIpc) is 3.28. The van der Waals surface area contributed by atoms with Gasteiger partial charge in [0.1, 0.15) is 6.61 Å². The molecular formula is C25H24N4O3. The maximum atomic E-state index is 12.6. The van der Waals surface area contributed by atoms with Gasteiger partial charge in [-0.05, 0) is 72.1 Å². The van der Waals surface area contributed by atoms with Crippen molar-refractivity contribution in [2.75, 3.05) is 7.11 Å². The van der Waals surface area contributed by atoms with Gasteiger partial charge in [-0.25, -0.2) is 4.68 Å². The van der Waals surface area contributed by atoms with Crippen LogP contribution in [-0.4, -0.2) is 27.8 Å². The Balaban J connectivity index is 1.36. The van der Waals surface area contributed by atoms with Crippen LogP contribution in [0, 0.1) is 6.92 Å². The van der Waals surface area contributed by atoms with Gasteiger partial charge in [0.05, 0.1) is 19.0 Å². The summed E-state index contributed by atoms with van der Waals surface area (Å²) in [6, 6.07) is 16.8. The number of benzene rings is 2. The van der Waals surface area contributed by atoms with Crippen molar-refractivity contribution in [3.05, 3.63) is 102 Å². The molecule has 4 aromatic rings. The van der Waals surface area contributed by atoms with Gasteiger partial charge in [-0.2, -0.15) is 5.10 Å². The number of nitrogens with zero attached hydrogens (tertiary/aromatic N) is 3. The highest BCUT2D eigenvalue weighted by Gasteiger charge is 2.09. The van der Waals surface area contributed by atoms with Crippen LogP contribution in [0.15, 0.2) is 79.4 Å². The van der Waals surface area contributed by atoms with E-state index in [9.17, 15) is 4.79 Å².